The van der Waals surface area contributed by atoms with Crippen molar-refractivity contribution in [2.24, 2.45) is 0 Å². The number of halogens is 2. The molecule has 3 heterocycles. The first-order chi connectivity index (χ1) is 15.6. The molecule has 0 saturated carbocycles. The molecule has 0 bridgehead atoms. The zero-order valence-corrected chi connectivity index (χ0v) is 18.0. The number of benzene rings is 2. The number of hydrogen-bond acceptors (Lipinski definition) is 4. The van der Waals surface area contributed by atoms with Gasteiger partial charge in [0, 0.05) is 5.56 Å². The summed E-state index contributed by atoms with van der Waals surface area (Å²) >= 11 is 0. The van der Waals surface area contributed by atoms with Gasteiger partial charge in [0.1, 0.15) is 28.4 Å². The molecular weight excluding hydrogens is 408 g/mol. The van der Waals surface area contributed by atoms with Crippen LogP contribution in [0.5, 0.6) is 0 Å². The summed E-state index contributed by atoms with van der Waals surface area (Å²) in [6, 6.07) is 11.1. The molecule has 0 radical (unpaired) electrons. The predicted molar refractivity (Wildman–Crippen MR) is 121 cm³/mol. The number of hydrogen-bond donors (Lipinski definition) is 2. The van der Waals surface area contributed by atoms with Crippen molar-refractivity contribution in [3.05, 3.63) is 65.4 Å². The number of aromatic amines is 1. The van der Waals surface area contributed by atoms with Gasteiger partial charge in [0.25, 0.3) is 0 Å². The molecule has 164 valence electrons. The molecule has 2 N–H and O–H groups in total. The first kappa shape index (κ1) is 20.7. The molecule has 1 saturated heterocycles. The van der Waals surface area contributed by atoms with Crippen molar-refractivity contribution in [2.45, 2.75) is 38.5 Å². The van der Waals surface area contributed by atoms with Crippen molar-refractivity contribution >= 4 is 11.0 Å². The van der Waals surface area contributed by atoms with E-state index in [-0.39, 0.29) is 11.4 Å². The molecule has 0 aliphatic carbocycles. The minimum Gasteiger partial charge on any atom is -0.317 e. The second kappa shape index (κ2) is 8.74. The summed E-state index contributed by atoms with van der Waals surface area (Å²) < 4.78 is 29.5. The van der Waals surface area contributed by atoms with Crippen LogP contribution in [0, 0.1) is 11.6 Å². The van der Waals surface area contributed by atoms with E-state index in [0.717, 1.165) is 37.9 Å². The minimum atomic E-state index is -0.649. The summed E-state index contributed by atoms with van der Waals surface area (Å²) in [5, 5.41) is 10.7. The fourth-order valence-corrected chi connectivity index (χ4v) is 4.48. The Labute approximate surface area is 185 Å². The van der Waals surface area contributed by atoms with Crippen molar-refractivity contribution in [3.63, 3.8) is 0 Å². The largest absolute Gasteiger partial charge is 0.317 e. The Balaban J connectivity index is 1.51. The van der Waals surface area contributed by atoms with Crippen LogP contribution in [0.2, 0.25) is 0 Å². The third-order valence-electron chi connectivity index (χ3n) is 6.16. The fraction of sp³-hybridized carbons (Fsp3) is 0.320. The number of fused-ring (bicyclic) bond motifs is 1. The number of rotatable bonds is 5. The van der Waals surface area contributed by atoms with Crippen molar-refractivity contribution in [1.29, 1.82) is 0 Å². The van der Waals surface area contributed by atoms with Crippen LogP contribution in [0.1, 0.15) is 43.2 Å². The standard InChI is InChI=1S/C25H25F2N5/c1-2-3-15-12-19(26)22(20(27)13-15)25-29-14-21-24(30-25)23(32-31-21)18-6-4-16(5-7-18)17-8-10-28-11-9-17/h4-7,12-14,17,28H,2-3,8-11H2,1H3,(H,31,32). The van der Waals surface area contributed by atoms with Gasteiger partial charge in [0.15, 0.2) is 5.82 Å². The molecule has 1 aliphatic rings. The molecule has 4 aromatic rings. The van der Waals surface area contributed by atoms with Gasteiger partial charge in [-0.15, -0.1) is 0 Å². The van der Waals surface area contributed by atoms with Crippen LogP contribution in [0.15, 0.2) is 42.6 Å². The molecule has 0 atom stereocenters. The monoisotopic (exact) mass is 433 g/mol. The quantitative estimate of drug-likeness (QED) is 0.443. The van der Waals surface area contributed by atoms with Crippen LogP contribution >= 0.6 is 0 Å². The van der Waals surface area contributed by atoms with Crippen LogP contribution < -0.4 is 5.32 Å². The molecule has 1 fully saturated rings. The molecule has 1 aliphatic heterocycles. The van der Waals surface area contributed by atoms with Crippen molar-refractivity contribution in [1.82, 2.24) is 25.5 Å². The Bertz CT molecular complexity index is 1220. The summed E-state index contributed by atoms with van der Waals surface area (Å²) in [5.41, 5.74) is 4.45. The number of aromatic nitrogens is 4. The summed E-state index contributed by atoms with van der Waals surface area (Å²) in [5.74, 6) is -0.713. The lowest BCUT2D eigenvalue weighted by Crippen LogP contribution is -2.26. The highest BCUT2D eigenvalue weighted by Crippen LogP contribution is 2.31. The molecule has 2 aromatic carbocycles. The molecule has 0 spiro atoms. The van der Waals surface area contributed by atoms with Gasteiger partial charge in [-0.1, -0.05) is 37.6 Å². The average Bonchev–Trinajstić information content (AvgIpc) is 3.23. The second-order valence-corrected chi connectivity index (χ2v) is 8.36. The molecule has 7 heteroatoms. The zero-order valence-electron chi connectivity index (χ0n) is 18.0. The summed E-state index contributed by atoms with van der Waals surface area (Å²) in [7, 11) is 0. The molecular formula is C25H25F2N5. The molecule has 2 aromatic heterocycles. The van der Waals surface area contributed by atoms with Gasteiger partial charge in [-0.3, -0.25) is 5.10 Å². The van der Waals surface area contributed by atoms with Crippen LogP contribution in [0.25, 0.3) is 33.7 Å². The number of nitrogens with one attached hydrogen (secondary N) is 2. The number of nitrogens with zero attached hydrogens (tertiary/aromatic N) is 3. The van der Waals surface area contributed by atoms with E-state index < -0.39 is 11.6 Å². The van der Waals surface area contributed by atoms with Crippen LogP contribution in [0.3, 0.4) is 0 Å². The van der Waals surface area contributed by atoms with E-state index in [1.807, 2.05) is 19.1 Å². The molecule has 0 amide bonds. The topological polar surface area (TPSA) is 66.5 Å². The van der Waals surface area contributed by atoms with Crippen molar-refractivity contribution in [2.75, 3.05) is 13.1 Å². The van der Waals surface area contributed by atoms with Gasteiger partial charge < -0.3 is 5.32 Å². The Morgan fingerprint density at radius 3 is 2.44 bits per heavy atom. The van der Waals surface area contributed by atoms with Gasteiger partial charge in [0.2, 0.25) is 0 Å². The van der Waals surface area contributed by atoms with E-state index >= 15 is 0 Å². The van der Waals surface area contributed by atoms with Crippen LogP contribution in [-0.2, 0) is 6.42 Å². The Morgan fingerprint density at radius 1 is 1.03 bits per heavy atom. The van der Waals surface area contributed by atoms with Crippen LogP contribution in [-0.4, -0.2) is 33.3 Å². The van der Waals surface area contributed by atoms with Crippen molar-refractivity contribution in [3.8, 4) is 22.6 Å². The van der Waals surface area contributed by atoms with E-state index in [1.165, 1.54) is 23.9 Å². The van der Waals surface area contributed by atoms with Crippen LogP contribution in [0.4, 0.5) is 8.78 Å². The second-order valence-electron chi connectivity index (χ2n) is 8.36. The maximum Gasteiger partial charge on any atom is 0.165 e. The minimum absolute atomic E-state index is 0.0181. The Morgan fingerprint density at radius 2 is 1.75 bits per heavy atom. The highest BCUT2D eigenvalue weighted by atomic mass is 19.1. The maximum absolute atomic E-state index is 14.7. The Hall–Kier alpha value is -3.19. The molecule has 32 heavy (non-hydrogen) atoms. The Kier molecular flexibility index (Phi) is 5.66. The number of H-pyrrole nitrogens is 1. The van der Waals surface area contributed by atoms with Gasteiger partial charge in [0.05, 0.1) is 11.8 Å². The van der Waals surface area contributed by atoms with Gasteiger partial charge in [-0.2, -0.15) is 5.10 Å². The van der Waals surface area contributed by atoms with Gasteiger partial charge >= 0.3 is 0 Å². The summed E-state index contributed by atoms with van der Waals surface area (Å²) in [4.78, 5) is 8.69. The SMILES string of the molecule is CCCc1cc(F)c(-c2ncc3[nH]nc(-c4ccc(C5CCNCC5)cc4)c3n2)c(F)c1. The molecule has 5 nitrogen and oxygen atoms in total. The predicted octanol–water partition coefficient (Wildman–Crippen LogP) is 5.38. The van der Waals surface area contributed by atoms with Gasteiger partial charge in [-0.25, -0.2) is 18.7 Å². The first-order valence-corrected chi connectivity index (χ1v) is 11.1. The number of piperidine rings is 1. The lowest BCUT2D eigenvalue weighted by atomic mass is 9.89. The van der Waals surface area contributed by atoms with E-state index in [0.29, 0.717) is 34.6 Å². The zero-order chi connectivity index (χ0) is 22.1. The maximum atomic E-state index is 14.7. The molecule has 0 unspecified atom stereocenters. The first-order valence-electron chi connectivity index (χ1n) is 11.1. The lowest BCUT2D eigenvalue weighted by molar-refractivity contribution is 0.460. The molecule has 5 rings (SSSR count). The third-order valence-corrected chi connectivity index (χ3v) is 6.16. The van der Waals surface area contributed by atoms with E-state index in [1.54, 1.807) is 0 Å². The lowest BCUT2D eigenvalue weighted by Gasteiger charge is -2.23. The van der Waals surface area contributed by atoms with E-state index in [4.69, 9.17) is 0 Å². The highest BCUT2D eigenvalue weighted by Gasteiger charge is 2.19. The highest BCUT2D eigenvalue weighted by molar-refractivity contribution is 5.90. The van der Waals surface area contributed by atoms with E-state index in [9.17, 15) is 8.78 Å². The smallest absolute Gasteiger partial charge is 0.165 e. The fourth-order valence-electron chi connectivity index (χ4n) is 4.48. The number of aryl methyl sites for hydroxylation is 1. The average molecular weight is 434 g/mol. The van der Waals surface area contributed by atoms with Crippen molar-refractivity contribution < 1.29 is 8.78 Å². The van der Waals surface area contributed by atoms with Gasteiger partial charge in [-0.05, 0) is 61.5 Å². The van der Waals surface area contributed by atoms with E-state index in [2.05, 4.69) is 37.6 Å². The summed E-state index contributed by atoms with van der Waals surface area (Å²) in [6.07, 6.45) is 5.23. The third kappa shape index (κ3) is 3.88. The normalized spacial score (nSPS) is 14.8. The summed E-state index contributed by atoms with van der Waals surface area (Å²) in [6.45, 7) is 4.06.